The minimum atomic E-state index is -0.443. The van der Waals surface area contributed by atoms with Gasteiger partial charge in [-0.15, -0.1) is 0 Å². The van der Waals surface area contributed by atoms with E-state index in [0.29, 0.717) is 0 Å². The number of ether oxygens (including phenoxy) is 1. The van der Waals surface area contributed by atoms with Crippen molar-refractivity contribution in [2.45, 2.75) is 5.41 Å². The topological polar surface area (TPSA) is 9.23 Å². The summed E-state index contributed by atoms with van der Waals surface area (Å²) in [6, 6.07) is 62.1. The van der Waals surface area contributed by atoms with Gasteiger partial charge in [0.2, 0.25) is 0 Å². The van der Waals surface area contributed by atoms with Crippen molar-refractivity contribution in [1.82, 2.24) is 0 Å². The highest BCUT2D eigenvalue weighted by Crippen LogP contribution is 2.57. The predicted octanol–water partition coefficient (Wildman–Crippen LogP) is 11.8. The molecule has 2 aliphatic rings. The number of hydrogen-bond acceptors (Lipinski definition) is 1. The second kappa shape index (κ2) is 9.54. The Morgan fingerprint density at radius 3 is 1.87 bits per heavy atom. The predicted molar refractivity (Wildman–Crippen MR) is 190 cm³/mol. The Bertz CT molecular complexity index is 2490. The van der Waals surface area contributed by atoms with Crippen LogP contribution < -0.4 is 4.74 Å². The zero-order valence-electron chi connectivity index (χ0n) is 25.1. The Balaban J connectivity index is 1.23. The molecule has 1 unspecified atom stereocenters. The lowest BCUT2D eigenvalue weighted by atomic mass is 9.67. The minimum absolute atomic E-state index is 0.443. The summed E-state index contributed by atoms with van der Waals surface area (Å²) in [6.45, 7) is 0. The van der Waals surface area contributed by atoms with Crippen LogP contribution in [-0.4, -0.2) is 0 Å². The maximum absolute atomic E-state index is 6.39. The molecular formula is C45H28O. The Hall–Kier alpha value is -5.92. The van der Waals surface area contributed by atoms with Gasteiger partial charge in [0.05, 0.1) is 5.41 Å². The summed E-state index contributed by atoms with van der Waals surface area (Å²) >= 11 is 0. The van der Waals surface area contributed by atoms with Crippen LogP contribution >= 0.6 is 0 Å². The van der Waals surface area contributed by atoms with E-state index in [2.05, 4.69) is 164 Å². The van der Waals surface area contributed by atoms with Crippen LogP contribution in [0.5, 0.6) is 11.5 Å². The lowest BCUT2D eigenvalue weighted by molar-refractivity contribution is 0.487. The molecule has 0 aromatic heterocycles. The molecule has 1 nitrogen and oxygen atoms in total. The number of hydrogen-bond donors (Lipinski definition) is 0. The molecule has 0 fully saturated rings. The maximum Gasteiger partial charge on any atom is 0.135 e. The van der Waals surface area contributed by atoms with Crippen molar-refractivity contribution in [3.05, 3.63) is 192 Å². The van der Waals surface area contributed by atoms with Crippen LogP contribution in [0.15, 0.2) is 170 Å². The van der Waals surface area contributed by atoms with Crippen LogP contribution in [0, 0.1) is 0 Å². The normalized spacial score (nSPS) is 15.7. The zero-order valence-corrected chi connectivity index (χ0v) is 25.1. The number of rotatable bonds is 3. The monoisotopic (exact) mass is 584 g/mol. The minimum Gasteiger partial charge on any atom is -0.456 e. The third-order valence-corrected chi connectivity index (χ3v) is 10.1. The first-order chi connectivity index (χ1) is 22.8. The Morgan fingerprint density at radius 2 is 1.02 bits per heavy atom. The van der Waals surface area contributed by atoms with Crippen molar-refractivity contribution >= 4 is 21.5 Å². The van der Waals surface area contributed by atoms with E-state index in [1.165, 1.54) is 71.6 Å². The molecule has 1 heteroatoms. The maximum atomic E-state index is 6.39. The molecule has 0 saturated heterocycles. The summed E-state index contributed by atoms with van der Waals surface area (Å²) in [7, 11) is 0. The van der Waals surface area contributed by atoms with E-state index in [0.717, 1.165) is 17.1 Å². The van der Waals surface area contributed by atoms with Crippen LogP contribution in [0.2, 0.25) is 0 Å². The van der Waals surface area contributed by atoms with Crippen molar-refractivity contribution < 1.29 is 4.74 Å². The van der Waals surface area contributed by atoms with E-state index in [-0.39, 0.29) is 0 Å². The quantitative estimate of drug-likeness (QED) is 0.201. The molecule has 8 aromatic carbocycles. The van der Waals surface area contributed by atoms with Crippen LogP contribution in [0.4, 0.5) is 0 Å². The molecule has 1 aliphatic carbocycles. The fourth-order valence-corrected chi connectivity index (χ4v) is 8.17. The largest absolute Gasteiger partial charge is 0.456 e. The van der Waals surface area contributed by atoms with Gasteiger partial charge in [-0.05, 0) is 84.9 Å². The molecule has 0 radical (unpaired) electrons. The molecule has 0 N–H and O–H groups in total. The highest BCUT2D eigenvalue weighted by atomic mass is 16.5. The summed E-state index contributed by atoms with van der Waals surface area (Å²) in [5, 5.41) is 4.90. The Labute approximate surface area is 268 Å². The first-order valence-electron chi connectivity index (χ1n) is 15.9. The smallest absolute Gasteiger partial charge is 0.135 e. The molecule has 1 atom stereocenters. The van der Waals surface area contributed by atoms with Gasteiger partial charge in [-0.1, -0.05) is 146 Å². The highest BCUT2D eigenvalue weighted by Gasteiger charge is 2.46. The van der Waals surface area contributed by atoms with E-state index in [9.17, 15) is 0 Å². The third kappa shape index (κ3) is 3.40. The van der Waals surface area contributed by atoms with Gasteiger partial charge in [-0.25, -0.2) is 0 Å². The molecule has 0 spiro atoms. The van der Waals surface area contributed by atoms with Crippen molar-refractivity contribution in [3.63, 3.8) is 0 Å². The summed E-state index contributed by atoms with van der Waals surface area (Å²) in [6.07, 6.45) is 0. The second-order valence-corrected chi connectivity index (χ2v) is 12.4. The summed E-state index contributed by atoms with van der Waals surface area (Å²) in [4.78, 5) is 0. The number of benzene rings is 8. The molecule has 0 amide bonds. The van der Waals surface area contributed by atoms with Crippen molar-refractivity contribution in [3.8, 4) is 44.9 Å². The average Bonchev–Trinajstić information content (AvgIpc) is 3.41. The van der Waals surface area contributed by atoms with E-state index in [1.54, 1.807) is 0 Å². The molecule has 0 bridgehead atoms. The molecule has 1 heterocycles. The van der Waals surface area contributed by atoms with Gasteiger partial charge >= 0.3 is 0 Å². The Morgan fingerprint density at radius 1 is 0.370 bits per heavy atom. The van der Waals surface area contributed by atoms with Crippen molar-refractivity contribution in [1.29, 1.82) is 0 Å². The van der Waals surface area contributed by atoms with E-state index in [1.807, 2.05) is 6.07 Å². The lowest BCUT2D eigenvalue weighted by Gasteiger charge is -2.34. The molecule has 214 valence electrons. The fourth-order valence-electron chi connectivity index (χ4n) is 8.17. The molecular weight excluding hydrogens is 556 g/mol. The van der Waals surface area contributed by atoms with Crippen LogP contribution in [0.1, 0.15) is 22.3 Å². The Kier molecular flexibility index (Phi) is 5.27. The SMILES string of the molecule is c1ccc(C2(c3ccc(-c4ccc5cccc6c5c4-c4ccccc4O6)cc3)c3ccccc3-c3cc4ccccc4cc32)cc1. The van der Waals surface area contributed by atoms with Gasteiger partial charge in [0.1, 0.15) is 11.5 Å². The van der Waals surface area contributed by atoms with Gasteiger partial charge in [0, 0.05) is 16.5 Å². The fraction of sp³-hybridized carbons (Fsp3) is 0.0222. The molecule has 1 aliphatic heterocycles. The third-order valence-electron chi connectivity index (χ3n) is 10.1. The standard InChI is InChI=1S/C45H28O/c1-2-14-33(15-3-1)45(39-18-8-6-16-36(39)38-27-31-11-4-5-12-32(31)28-40(38)45)34-24-21-29(22-25-34)35-26-23-30-13-10-20-42-43(30)44(35)37-17-7-9-19-41(37)46-42/h1-28H. The lowest BCUT2D eigenvalue weighted by Crippen LogP contribution is -2.28. The molecule has 0 saturated carbocycles. The van der Waals surface area contributed by atoms with Gasteiger partial charge in [-0.2, -0.15) is 0 Å². The summed E-state index contributed by atoms with van der Waals surface area (Å²) < 4.78 is 6.39. The van der Waals surface area contributed by atoms with Gasteiger partial charge < -0.3 is 4.74 Å². The summed E-state index contributed by atoms with van der Waals surface area (Å²) in [5.74, 6) is 1.82. The number of fused-ring (bicyclic) bond motifs is 6. The first kappa shape index (κ1) is 25.4. The first-order valence-corrected chi connectivity index (χ1v) is 15.9. The average molecular weight is 585 g/mol. The molecule has 8 aromatic rings. The molecule has 10 rings (SSSR count). The van der Waals surface area contributed by atoms with Gasteiger partial charge in [0.25, 0.3) is 0 Å². The second-order valence-electron chi connectivity index (χ2n) is 12.4. The van der Waals surface area contributed by atoms with E-state index < -0.39 is 5.41 Å². The van der Waals surface area contributed by atoms with E-state index in [4.69, 9.17) is 4.74 Å². The van der Waals surface area contributed by atoms with Crippen molar-refractivity contribution in [2.24, 2.45) is 0 Å². The van der Waals surface area contributed by atoms with Gasteiger partial charge in [-0.3, -0.25) is 0 Å². The highest BCUT2D eigenvalue weighted by molar-refractivity contribution is 6.10. The summed E-state index contributed by atoms with van der Waals surface area (Å²) in [5.41, 5.74) is 12.2. The van der Waals surface area contributed by atoms with Crippen LogP contribution in [-0.2, 0) is 5.41 Å². The van der Waals surface area contributed by atoms with E-state index >= 15 is 0 Å². The van der Waals surface area contributed by atoms with Crippen LogP contribution in [0.25, 0.3) is 54.9 Å². The van der Waals surface area contributed by atoms with Gasteiger partial charge in [0.15, 0.2) is 0 Å². The number of para-hydroxylation sites is 1. The zero-order chi connectivity index (χ0) is 30.2. The molecule has 46 heavy (non-hydrogen) atoms. The van der Waals surface area contributed by atoms with Crippen LogP contribution in [0.3, 0.4) is 0 Å². The van der Waals surface area contributed by atoms with Crippen molar-refractivity contribution in [2.75, 3.05) is 0 Å².